The number of unbranched alkanes of at least 4 members (excludes halogenated alkanes) is 1. The summed E-state index contributed by atoms with van der Waals surface area (Å²) in [4.78, 5) is 47.5. The van der Waals surface area contributed by atoms with Crippen molar-refractivity contribution in [2.24, 2.45) is 5.92 Å². The number of carboxylic acid groups (broad SMARTS) is 1. The van der Waals surface area contributed by atoms with Crippen molar-refractivity contribution in [1.29, 1.82) is 0 Å². The first kappa shape index (κ1) is 35.8. The van der Waals surface area contributed by atoms with Crippen LogP contribution in [0.4, 0.5) is 0 Å². The van der Waals surface area contributed by atoms with Crippen LogP contribution >= 0.6 is 0 Å². The number of nitrogens with one attached hydrogen (secondary N) is 1. The summed E-state index contributed by atoms with van der Waals surface area (Å²) in [6.07, 6.45) is -5.45. The number of carbonyl (C=O) groups excluding carboxylic acids is 3. The highest BCUT2D eigenvalue weighted by Crippen LogP contribution is 2.28. The summed E-state index contributed by atoms with van der Waals surface area (Å²) in [5.74, 6) is -2.91. The predicted molar refractivity (Wildman–Crippen MR) is 145 cm³/mol. The van der Waals surface area contributed by atoms with Crippen LogP contribution in [0.5, 0.6) is 0 Å². The van der Waals surface area contributed by atoms with Crippen LogP contribution in [0.2, 0.25) is 0 Å². The van der Waals surface area contributed by atoms with Gasteiger partial charge in [-0.25, -0.2) is 0 Å². The molecule has 2 aliphatic rings. The van der Waals surface area contributed by atoms with E-state index in [0.717, 1.165) is 0 Å². The van der Waals surface area contributed by atoms with Crippen molar-refractivity contribution in [3.63, 3.8) is 0 Å². The van der Waals surface area contributed by atoms with Crippen LogP contribution in [0.25, 0.3) is 0 Å². The van der Waals surface area contributed by atoms with Gasteiger partial charge in [0, 0.05) is 45.8 Å². The summed E-state index contributed by atoms with van der Waals surface area (Å²) >= 11 is 0. The lowest BCUT2D eigenvalue weighted by Crippen LogP contribution is -2.51. The number of ether oxygens (including phenoxy) is 6. The van der Waals surface area contributed by atoms with Gasteiger partial charge in [0.05, 0.1) is 30.3 Å². The molecule has 10 atom stereocenters. The predicted octanol–water partition coefficient (Wildman–Crippen LogP) is 1.03. The van der Waals surface area contributed by atoms with E-state index in [1.165, 1.54) is 6.92 Å². The molecule has 42 heavy (non-hydrogen) atoms. The number of carbonyl (C=O) groups is 4. The van der Waals surface area contributed by atoms with Crippen LogP contribution in [0.15, 0.2) is 0 Å². The maximum atomic E-state index is 12.7. The van der Waals surface area contributed by atoms with Gasteiger partial charge in [-0.3, -0.25) is 19.2 Å². The molecule has 0 aromatic carbocycles. The maximum absolute atomic E-state index is 12.7. The number of carboxylic acids is 1. The van der Waals surface area contributed by atoms with Gasteiger partial charge in [0.2, 0.25) is 5.91 Å². The molecule has 0 aliphatic carbocycles. The number of rotatable bonds is 16. The van der Waals surface area contributed by atoms with Crippen molar-refractivity contribution >= 4 is 23.8 Å². The van der Waals surface area contributed by atoms with Crippen molar-refractivity contribution in [3.05, 3.63) is 0 Å². The molecule has 2 fully saturated rings. The Morgan fingerprint density at radius 2 is 1.60 bits per heavy atom. The molecule has 0 spiro atoms. The molecule has 14 nitrogen and oxygen atoms in total. The van der Waals surface area contributed by atoms with Crippen molar-refractivity contribution < 1.29 is 62.9 Å². The molecule has 2 saturated heterocycles. The molecule has 242 valence electrons. The Kier molecular flexibility index (Phi) is 15.1. The summed E-state index contributed by atoms with van der Waals surface area (Å²) in [6, 6.07) is 0. The van der Waals surface area contributed by atoms with E-state index in [4.69, 9.17) is 33.5 Å². The minimum absolute atomic E-state index is 0.0537. The van der Waals surface area contributed by atoms with Gasteiger partial charge in [-0.1, -0.05) is 6.92 Å². The fourth-order valence-electron chi connectivity index (χ4n) is 4.45. The van der Waals surface area contributed by atoms with Crippen LogP contribution in [-0.2, 0) is 47.6 Å². The number of amides is 1. The van der Waals surface area contributed by atoms with Gasteiger partial charge in [-0.2, -0.15) is 0 Å². The lowest BCUT2D eigenvalue weighted by atomic mass is 10.0. The maximum Gasteiger partial charge on any atom is 0.310 e. The zero-order chi connectivity index (χ0) is 31.4. The topological polar surface area (TPSA) is 196 Å². The standard InChI is InChI=1S/C28H47NO13/c1-15(14-29-19(5)30)26(36)42-22-13-23(28(40-18(22)4)38-16(2)9-10-24(33)34)41-25(35)8-6-7-11-37-27-21(32)12-20(31)17(3)39-27/h15-18,20-23,27-28,31-32H,6-14H2,1-5H3,(H,29,30)(H,33,34)/t15-,16-,17?,18?,20-,21+,22-,23+,27-,28-/m1/s1. The highest BCUT2D eigenvalue weighted by Gasteiger charge is 2.42. The van der Waals surface area contributed by atoms with E-state index in [0.29, 0.717) is 12.8 Å². The minimum Gasteiger partial charge on any atom is -0.481 e. The third kappa shape index (κ3) is 12.5. The Hall–Kier alpha value is -2.36. The molecule has 0 aromatic rings. The fraction of sp³-hybridized carbons (Fsp3) is 0.857. The van der Waals surface area contributed by atoms with Gasteiger partial charge < -0.3 is 49.1 Å². The molecule has 0 bridgehead atoms. The van der Waals surface area contributed by atoms with E-state index in [2.05, 4.69) is 5.32 Å². The molecular weight excluding hydrogens is 558 g/mol. The molecule has 0 radical (unpaired) electrons. The molecular formula is C28H47NO13. The van der Waals surface area contributed by atoms with Crippen LogP contribution in [-0.4, -0.2) is 108 Å². The fourth-order valence-corrected chi connectivity index (χ4v) is 4.45. The molecule has 2 aliphatic heterocycles. The summed E-state index contributed by atoms with van der Waals surface area (Å²) in [5.41, 5.74) is 0. The number of hydrogen-bond donors (Lipinski definition) is 4. The molecule has 2 rings (SSSR count). The minimum atomic E-state index is -0.995. The Morgan fingerprint density at radius 1 is 0.905 bits per heavy atom. The highest BCUT2D eigenvalue weighted by atomic mass is 16.7. The van der Waals surface area contributed by atoms with Crippen LogP contribution < -0.4 is 5.32 Å². The van der Waals surface area contributed by atoms with E-state index in [1.54, 1.807) is 27.7 Å². The van der Waals surface area contributed by atoms with Crippen molar-refractivity contribution in [2.45, 2.75) is 135 Å². The Bertz CT molecular complexity index is 886. The largest absolute Gasteiger partial charge is 0.481 e. The second-order valence-electron chi connectivity index (χ2n) is 11.1. The van der Waals surface area contributed by atoms with Gasteiger partial charge in [0.1, 0.15) is 12.2 Å². The average molecular weight is 606 g/mol. The lowest BCUT2D eigenvalue weighted by Gasteiger charge is -2.40. The Morgan fingerprint density at radius 3 is 2.26 bits per heavy atom. The molecule has 0 saturated carbocycles. The highest BCUT2D eigenvalue weighted by molar-refractivity contribution is 5.76. The monoisotopic (exact) mass is 605 g/mol. The van der Waals surface area contributed by atoms with E-state index in [1.807, 2.05) is 0 Å². The first-order valence-corrected chi connectivity index (χ1v) is 14.6. The Labute approximate surface area is 246 Å². The van der Waals surface area contributed by atoms with Gasteiger partial charge >= 0.3 is 17.9 Å². The molecule has 0 aromatic heterocycles. The lowest BCUT2D eigenvalue weighted by molar-refractivity contribution is -0.280. The average Bonchev–Trinajstić information content (AvgIpc) is 2.91. The smallest absolute Gasteiger partial charge is 0.310 e. The van der Waals surface area contributed by atoms with Crippen molar-refractivity contribution in [2.75, 3.05) is 13.2 Å². The summed E-state index contributed by atoms with van der Waals surface area (Å²) in [6.45, 7) is 8.39. The van der Waals surface area contributed by atoms with E-state index in [-0.39, 0.29) is 51.2 Å². The Balaban J connectivity index is 1.90. The molecule has 2 heterocycles. The van der Waals surface area contributed by atoms with Gasteiger partial charge in [-0.15, -0.1) is 0 Å². The first-order valence-electron chi connectivity index (χ1n) is 14.6. The molecule has 14 heteroatoms. The zero-order valence-corrected chi connectivity index (χ0v) is 25.1. The van der Waals surface area contributed by atoms with E-state index >= 15 is 0 Å². The van der Waals surface area contributed by atoms with Crippen LogP contribution in [0.3, 0.4) is 0 Å². The molecule has 2 unspecified atom stereocenters. The van der Waals surface area contributed by atoms with Crippen LogP contribution in [0, 0.1) is 5.92 Å². The van der Waals surface area contributed by atoms with Gasteiger partial charge in [0.15, 0.2) is 18.7 Å². The summed E-state index contributed by atoms with van der Waals surface area (Å²) < 4.78 is 34.2. The van der Waals surface area contributed by atoms with Gasteiger partial charge in [-0.05, 0) is 40.0 Å². The third-order valence-corrected chi connectivity index (χ3v) is 7.13. The normalized spacial score (nSPS) is 31.0. The second-order valence-corrected chi connectivity index (χ2v) is 11.1. The first-order chi connectivity index (χ1) is 19.8. The van der Waals surface area contributed by atoms with Crippen LogP contribution in [0.1, 0.15) is 79.6 Å². The summed E-state index contributed by atoms with van der Waals surface area (Å²) in [7, 11) is 0. The number of hydrogen-bond acceptors (Lipinski definition) is 12. The number of aliphatic carboxylic acids is 1. The number of aliphatic hydroxyl groups is 2. The van der Waals surface area contributed by atoms with Crippen molar-refractivity contribution in [3.8, 4) is 0 Å². The second kappa shape index (κ2) is 17.7. The SMILES string of the molecule is CC(=O)NC[C@@H](C)C(=O)O[C@@H]1C[C@H](OC(=O)CCCCO[C@@H]2OC(C)[C@H](O)C[C@@H]2O)[C@H](O[C@H](C)CCC(=O)O)OC1C. The molecule has 1 amide bonds. The quantitative estimate of drug-likeness (QED) is 0.144. The van der Waals surface area contributed by atoms with Crippen molar-refractivity contribution in [1.82, 2.24) is 5.32 Å². The van der Waals surface area contributed by atoms with E-state index < -0.39 is 79.1 Å². The van der Waals surface area contributed by atoms with E-state index in [9.17, 15) is 29.4 Å². The number of aliphatic hydroxyl groups excluding tert-OH is 2. The van der Waals surface area contributed by atoms with Gasteiger partial charge in [0.25, 0.3) is 0 Å². The number of esters is 2. The zero-order valence-electron chi connectivity index (χ0n) is 25.1. The third-order valence-electron chi connectivity index (χ3n) is 7.13. The molecule has 4 N–H and O–H groups in total. The summed E-state index contributed by atoms with van der Waals surface area (Å²) in [5, 5.41) is 31.3.